The summed E-state index contributed by atoms with van der Waals surface area (Å²) >= 11 is 4.69. The van der Waals surface area contributed by atoms with Crippen LogP contribution >= 0.6 is 12.2 Å². The molecule has 0 saturated heterocycles. The molecule has 1 aromatic rings. The van der Waals surface area contributed by atoms with Crippen LogP contribution in [0.15, 0.2) is 24.3 Å². The molecule has 1 rings (SSSR count). The second-order valence-electron chi connectivity index (χ2n) is 2.74. The predicted molar refractivity (Wildman–Crippen MR) is 58.0 cm³/mol. The third kappa shape index (κ3) is 3.40. The van der Waals surface area contributed by atoms with E-state index in [2.05, 4.69) is 17.5 Å². The molecule has 0 aliphatic rings. The minimum absolute atomic E-state index is 0.322. The van der Waals surface area contributed by atoms with Gasteiger partial charge in [-0.3, -0.25) is 0 Å². The van der Waals surface area contributed by atoms with Crippen LogP contribution in [0.5, 0.6) is 0 Å². The predicted octanol–water partition coefficient (Wildman–Crippen LogP) is 0.479. The van der Waals surface area contributed by atoms with Gasteiger partial charge in [-0.15, -0.1) is 0 Å². The summed E-state index contributed by atoms with van der Waals surface area (Å²) in [7, 11) is 0. The second-order valence-corrected chi connectivity index (χ2v) is 3.18. The van der Waals surface area contributed by atoms with Gasteiger partial charge in [0.15, 0.2) is 5.11 Å². The SMILES string of the molecule is NCc1ccc(CNC(N)=S)cc1. The molecule has 0 aliphatic heterocycles. The van der Waals surface area contributed by atoms with E-state index in [0.29, 0.717) is 18.2 Å². The van der Waals surface area contributed by atoms with E-state index >= 15 is 0 Å². The van der Waals surface area contributed by atoms with Gasteiger partial charge in [0.1, 0.15) is 0 Å². The number of nitrogens with one attached hydrogen (secondary N) is 1. The summed E-state index contributed by atoms with van der Waals surface area (Å²) in [6, 6.07) is 8.01. The lowest BCUT2D eigenvalue weighted by Gasteiger charge is -2.04. The van der Waals surface area contributed by atoms with Gasteiger partial charge in [-0.05, 0) is 23.3 Å². The van der Waals surface area contributed by atoms with E-state index in [0.717, 1.165) is 11.1 Å². The average molecular weight is 195 g/mol. The lowest BCUT2D eigenvalue weighted by molar-refractivity contribution is 0.917. The maximum atomic E-state index is 5.47. The summed E-state index contributed by atoms with van der Waals surface area (Å²) in [5.74, 6) is 0. The van der Waals surface area contributed by atoms with Gasteiger partial charge in [0.05, 0.1) is 0 Å². The Morgan fingerprint density at radius 1 is 1.23 bits per heavy atom. The molecule has 5 N–H and O–H groups in total. The van der Waals surface area contributed by atoms with Crippen molar-refractivity contribution < 1.29 is 0 Å². The summed E-state index contributed by atoms with van der Waals surface area (Å²) in [6.45, 7) is 1.24. The van der Waals surface area contributed by atoms with Crippen LogP contribution in [0.2, 0.25) is 0 Å². The summed E-state index contributed by atoms with van der Waals surface area (Å²) < 4.78 is 0. The zero-order valence-corrected chi connectivity index (χ0v) is 8.10. The molecule has 0 atom stereocenters. The van der Waals surface area contributed by atoms with Crippen LogP contribution < -0.4 is 16.8 Å². The van der Waals surface area contributed by atoms with E-state index in [1.165, 1.54) is 0 Å². The molecule has 0 bridgehead atoms. The van der Waals surface area contributed by atoms with Crippen LogP contribution in [-0.2, 0) is 13.1 Å². The van der Waals surface area contributed by atoms with Gasteiger partial charge in [-0.1, -0.05) is 24.3 Å². The van der Waals surface area contributed by atoms with Gasteiger partial charge in [0.25, 0.3) is 0 Å². The molecular formula is C9H13N3S. The van der Waals surface area contributed by atoms with Gasteiger partial charge in [0, 0.05) is 13.1 Å². The maximum Gasteiger partial charge on any atom is 0.163 e. The molecule has 13 heavy (non-hydrogen) atoms. The zero-order valence-electron chi connectivity index (χ0n) is 7.29. The van der Waals surface area contributed by atoms with E-state index in [1.807, 2.05) is 24.3 Å². The van der Waals surface area contributed by atoms with Crippen molar-refractivity contribution in [2.45, 2.75) is 13.1 Å². The topological polar surface area (TPSA) is 64.1 Å². The first-order chi connectivity index (χ1) is 6.22. The Morgan fingerprint density at radius 3 is 2.23 bits per heavy atom. The molecule has 3 nitrogen and oxygen atoms in total. The summed E-state index contributed by atoms with van der Waals surface area (Å²) in [5, 5.41) is 3.20. The highest BCUT2D eigenvalue weighted by Gasteiger charge is 1.93. The lowest BCUT2D eigenvalue weighted by Crippen LogP contribution is -2.28. The lowest BCUT2D eigenvalue weighted by atomic mass is 10.1. The van der Waals surface area contributed by atoms with Crippen LogP contribution in [0.25, 0.3) is 0 Å². The first-order valence-corrected chi connectivity index (χ1v) is 4.44. The molecule has 0 saturated carbocycles. The number of thiocarbonyl (C=S) groups is 1. The highest BCUT2D eigenvalue weighted by molar-refractivity contribution is 7.80. The number of benzene rings is 1. The minimum atomic E-state index is 0.322. The first-order valence-electron chi connectivity index (χ1n) is 4.03. The monoisotopic (exact) mass is 195 g/mol. The molecular weight excluding hydrogens is 182 g/mol. The Balaban J connectivity index is 2.54. The van der Waals surface area contributed by atoms with Crippen molar-refractivity contribution in [2.24, 2.45) is 11.5 Å². The first kappa shape index (κ1) is 9.95. The molecule has 0 aromatic heterocycles. The highest BCUT2D eigenvalue weighted by Crippen LogP contribution is 2.02. The molecule has 0 aliphatic carbocycles. The number of nitrogens with two attached hydrogens (primary N) is 2. The largest absolute Gasteiger partial charge is 0.376 e. The number of hydrogen-bond acceptors (Lipinski definition) is 2. The molecule has 4 heteroatoms. The van der Waals surface area contributed by atoms with E-state index < -0.39 is 0 Å². The number of rotatable bonds is 3. The molecule has 0 radical (unpaired) electrons. The van der Waals surface area contributed by atoms with Gasteiger partial charge in [-0.25, -0.2) is 0 Å². The highest BCUT2D eigenvalue weighted by atomic mass is 32.1. The maximum absolute atomic E-state index is 5.47. The smallest absolute Gasteiger partial charge is 0.163 e. The fraction of sp³-hybridized carbons (Fsp3) is 0.222. The fourth-order valence-electron chi connectivity index (χ4n) is 0.982. The fourth-order valence-corrected chi connectivity index (χ4v) is 1.05. The minimum Gasteiger partial charge on any atom is -0.376 e. The molecule has 0 spiro atoms. The Morgan fingerprint density at radius 2 is 1.77 bits per heavy atom. The Bertz CT molecular complexity index is 281. The van der Waals surface area contributed by atoms with Crippen molar-refractivity contribution in [1.82, 2.24) is 5.32 Å². The van der Waals surface area contributed by atoms with Crippen molar-refractivity contribution in [3.8, 4) is 0 Å². The van der Waals surface area contributed by atoms with Crippen molar-refractivity contribution in [1.29, 1.82) is 0 Å². The normalized spacial score (nSPS) is 9.62. The van der Waals surface area contributed by atoms with Crippen LogP contribution in [-0.4, -0.2) is 5.11 Å². The van der Waals surface area contributed by atoms with E-state index in [4.69, 9.17) is 11.5 Å². The third-order valence-corrected chi connectivity index (χ3v) is 1.87. The second kappa shape index (κ2) is 4.79. The Labute approximate surface area is 83.1 Å². The number of hydrogen-bond donors (Lipinski definition) is 3. The molecule has 1 aromatic carbocycles. The molecule has 70 valence electrons. The third-order valence-electron chi connectivity index (χ3n) is 1.73. The van der Waals surface area contributed by atoms with E-state index in [-0.39, 0.29) is 0 Å². The molecule has 0 amide bonds. The molecule has 0 unspecified atom stereocenters. The quantitative estimate of drug-likeness (QED) is 0.614. The summed E-state index contributed by atoms with van der Waals surface area (Å²) in [4.78, 5) is 0. The van der Waals surface area contributed by atoms with Crippen LogP contribution in [0.4, 0.5) is 0 Å². The molecule has 0 fully saturated rings. The van der Waals surface area contributed by atoms with Crippen LogP contribution in [0, 0.1) is 0 Å². The standard InChI is InChI=1S/C9H13N3S/c10-5-7-1-3-8(4-2-7)6-12-9(11)13/h1-4H,5-6,10H2,(H3,11,12,13). The van der Waals surface area contributed by atoms with Gasteiger partial charge in [0.2, 0.25) is 0 Å². The van der Waals surface area contributed by atoms with Crippen molar-refractivity contribution in [3.63, 3.8) is 0 Å². The van der Waals surface area contributed by atoms with E-state index in [1.54, 1.807) is 0 Å². The van der Waals surface area contributed by atoms with Gasteiger partial charge < -0.3 is 16.8 Å². The van der Waals surface area contributed by atoms with E-state index in [9.17, 15) is 0 Å². The van der Waals surface area contributed by atoms with Gasteiger partial charge >= 0.3 is 0 Å². The Kier molecular flexibility index (Phi) is 3.67. The summed E-state index contributed by atoms with van der Waals surface area (Å²) in [6.07, 6.45) is 0. The van der Waals surface area contributed by atoms with Crippen molar-refractivity contribution in [3.05, 3.63) is 35.4 Å². The molecule has 0 heterocycles. The van der Waals surface area contributed by atoms with Crippen molar-refractivity contribution >= 4 is 17.3 Å². The Hall–Kier alpha value is -1.13. The van der Waals surface area contributed by atoms with Crippen molar-refractivity contribution in [2.75, 3.05) is 0 Å². The summed E-state index contributed by atoms with van der Waals surface area (Å²) in [5.41, 5.74) is 13.0. The van der Waals surface area contributed by atoms with Crippen LogP contribution in [0.3, 0.4) is 0 Å². The van der Waals surface area contributed by atoms with Gasteiger partial charge in [-0.2, -0.15) is 0 Å². The zero-order chi connectivity index (χ0) is 9.68. The average Bonchev–Trinajstić information content (AvgIpc) is 2.15. The van der Waals surface area contributed by atoms with Crippen LogP contribution in [0.1, 0.15) is 11.1 Å².